The zero-order chi connectivity index (χ0) is 12.1. The average Bonchev–Trinajstić information content (AvgIpc) is 2.16. The molecule has 16 heavy (non-hydrogen) atoms. The van der Waals surface area contributed by atoms with Gasteiger partial charge in [0.05, 0.1) is 0 Å². The van der Waals surface area contributed by atoms with Gasteiger partial charge in [-0.1, -0.05) is 17.7 Å². The van der Waals surface area contributed by atoms with Crippen molar-refractivity contribution in [3.63, 3.8) is 0 Å². The first kappa shape index (κ1) is 12.9. The second-order valence-corrected chi connectivity index (χ2v) is 4.40. The van der Waals surface area contributed by atoms with Gasteiger partial charge >= 0.3 is 0 Å². The maximum Gasteiger partial charge on any atom is 0.163 e. The molecule has 0 spiro atoms. The van der Waals surface area contributed by atoms with Crippen LogP contribution in [0.2, 0.25) is 0 Å². The van der Waals surface area contributed by atoms with Crippen molar-refractivity contribution in [1.82, 2.24) is 5.32 Å². The van der Waals surface area contributed by atoms with E-state index in [0.29, 0.717) is 6.42 Å². The quantitative estimate of drug-likeness (QED) is 0.609. The molecule has 0 aliphatic rings. The topological polar surface area (TPSA) is 29.1 Å². The van der Waals surface area contributed by atoms with Gasteiger partial charge in [0.1, 0.15) is 0 Å². The van der Waals surface area contributed by atoms with Crippen LogP contribution in [0.25, 0.3) is 0 Å². The van der Waals surface area contributed by atoms with Crippen LogP contribution in [-0.4, -0.2) is 19.4 Å². The highest BCUT2D eigenvalue weighted by Gasteiger charge is 2.11. The van der Waals surface area contributed by atoms with E-state index in [-0.39, 0.29) is 5.78 Å². The molecule has 1 N–H and O–H groups in total. The lowest BCUT2D eigenvalue weighted by Crippen LogP contribution is -2.11. The Hall–Kier alpha value is -1.15. The second-order valence-electron chi connectivity index (χ2n) is 4.40. The number of ketones is 1. The second kappa shape index (κ2) is 5.80. The largest absolute Gasteiger partial charge is 0.320 e. The molecule has 0 heterocycles. The Labute approximate surface area is 98.1 Å². The first-order chi connectivity index (χ1) is 7.56. The first-order valence-electron chi connectivity index (χ1n) is 5.82. The molecule has 0 unspecified atom stereocenters. The number of benzene rings is 1. The number of hydrogen-bond donors (Lipinski definition) is 1. The van der Waals surface area contributed by atoms with Crippen LogP contribution < -0.4 is 5.32 Å². The number of Topliss-reactive ketones (excluding diaryl/α,β-unsaturated/α-hetero) is 1. The molecule has 2 nitrogen and oxygen atoms in total. The summed E-state index contributed by atoms with van der Waals surface area (Å²) >= 11 is 0. The summed E-state index contributed by atoms with van der Waals surface area (Å²) in [5.74, 6) is 0.269. The minimum absolute atomic E-state index is 0.269. The van der Waals surface area contributed by atoms with Crippen LogP contribution in [0.5, 0.6) is 0 Å². The lowest BCUT2D eigenvalue weighted by molar-refractivity contribution is 0.0979. The molecule has 0 fully saturated rings. The minimum atomic E-state index is 0.269. The molecule has 0 radical (unpaired) electrons. The highest BCUT2D eigenvalue weighted by atomic mass is 16.1. The van der Waals surface area contributed by atoms with Crippen molar-refractivity contribution in [2.75, 3.05) is 13.6 Å². The molecule has 1 aromatic rings. The van der Waals surface area contributed by atoms with Gasteiger partial charge in [0.2, 0.25) is 0 Å². The Kier molecular flexibility index (Phi) is 4.69. The molecule has 0 aliphatic heterocycles. The van der Waals surface area contributed by atoms with Crippen LogP contribution in [0.1, 0.15) is 39.9 Å². The zero-order valence-corrected chi connectivity index (χ0v) is 10.7. The van der Waals surface area contributed by atoms with Crippen molar-refractivity contribution in [3.8, 4) is 0 Å². The molecular weight excluding hydrogens is 198 g/mol. The molecule has 0 amide bonds. The van der Waals surface area contributed by atoms with E-state index in [1.807, 2.05) is 20.9 Å². The SMILES string of the molecule is CNCCCC(=O)c1c(C)cc(C)cc1C. The summed E-state index contributed by atoms with van der Waals surface area (Å²) < 4.78 is 0. The standard InChI is InChI=1S/C14H21NO/c1-10-8-11(2)14(12(3)9-10)13(16)6-5-7-15-4/h8-9,15H,5-7H2,1-4H3. The Morgan fingerprint density at radius 3 is 2.25 bits per heavy atom. The van der Waals surface area contributed by atoms with Gasteiger partial charge in [0.15, 0.2) is 5.78 Å². The van der Waals surface area contributed by atoms with Gasteiger partial charge < -0.3 is 5.32 Å². The molecule has 0 aromatic heterocycles. The Morgan fingerprint density at radius 1 is 1.19 bits per heavy atom. The van der Waals surface area contributed by atoms with Gasteiger partial charge in [0, 0.05) is 12.0 Å². The molecule has 0 bridgehead atoms. The zero-order valence-electron chi connectivity index (χ0n) is 10.7. The van der Waals surface area contributed by atoms with Crippen LogP contribution in [0.3, 0.4) is 0 Å². The Morgan fingerprint density at radius 2 is 1.75 bits per heavy atom. The summed E-state index contributed by atoms with van der Waals surface area (Å²) in [6.45, 7) is 7.00. The maximum atomic E-state index is 12.0. The van der Waals surface area contributed by atoms with Crippen LogP contribution in [0.15, 0.2) is 12.1 Å². The van der Waals surface area contributed by atoms with Crippen LogP contribution in [-0.2, 0) is 0 Å². The molecular formula is C14H21NO. The van der Waals surface area contributed by atoms with Gasteiger partial charge in [0.25, 0.3) is 0 Å². The monoisotopic (exact) mass is 219 g/mol. The fourth-order valence-electron chi connectivity index (χ4n) is 2.17. The van der Waals surface area contributed by atoms with Gasteiger partial charge in [-0.2, -0.15) is 0 Å². The molecule has 1 aromatic carbocycles. The third-order valence-electron chi connectivity index (χ3n) is 2.79. The lowest BCUT2D eigenvalue weighted by Gasteiger charge is -2.10. The van der Waals surface area contributed by atoms with E-state index in [9.17, 15) is 4.79 Å². The van der Waals surface area contributed by atoms with Gasteiger partial charge in [-0.25, -0.2) is 0 Å². The highest BCUT2D eigenvalue weighted by molar-refractivity contribution is 5.98. The summed E-state index contributed by atoms with van der Waals surface area (Å²) in [7, 11) is 1.91. The third kappa shape index (κ3) is 3.17. The summed E-state index contributed by atoms with van der Waals surface area (Å²) in [5, 5.41) is 3.06. The predicted octanol–water partition coefficient (Wildman–Crippen LogP) is 2.79. The smallest absolute Gasteiger partial charge is 0.163 e. The number of aryl methyl sites for hydroxylation is 3. The average molecular weight is 219 g/mol. The maximum absolute atomic E-state index is 12.0. The van der Waals surface area contributed by atoms with Crippen molar-refractivity contribution >= 4 is 5.78 Å². The van der Waals surface area contributed by atoms with Crippen LogP contribution >= 0.6 is 0 Å². The van der Waals surface area contributed by atoms with Crippen LogP contribution in [0, 0.1) is 20.8 Å². The Balaban J connectivity index is 2.83. The van der Waals surface area contributed by atoms with Crippen molar-refractivity contribution in [2.45, 2.75) is 33.6 Å². The van der Waals surface area contributed by atoms with E-state index in [1.54, 1.807) is 0 Å². The van der Waals surface area contributed by atoms with E-state index in [4.69, 9.17) is 0 Å². The number of nitrogens with one attached hydrogen (secondary N) is 1. The van der Waals surface area contributed by atoms with E-state index >= 15 is 0 Å². The molecule has 0 saturated carbocycles. The number of hydrogen-bond acceptors (Lipinski definition) is 2. The lowest BCUT2D eigenvalue weighted by atomic mass is 9.94. The van der Waals surface area contributed by atoms with Crippen molar-refractivity contribution in [3.05, 3.63) is 34.4 Å². The molecule has 0 atom stereocenters. The fraction of sp³-hybridized carbons (Fsp3) is 0.500. The fourth-order valence-corrected chi connectivity index (χ4v) is 2.17. The normalized spacial score (nSPS) is 10.5. The summed E-state index contributed by atoms with van der Waals surface area (Å²) in [4.78, 5) is 12.0. The molecule has 0 saturated heterocycles. The molecule has 1 rings (SSSR count). The van der Waals surface area contributed by atoms with Gasteiger partial charge in [-0.05, 0) is 51.9 Å². The predicted molar refractivity (Wildman–Crippen MR) is 68.1 cm³/mol. The third-order valence-corrected chi connectivity index (χ3v) is 2.79. The summed E-state index contributed by atoms with van der Waals surface area (Å²) in [5.41, 5.74) is 4.35. The molecule has 0 aliphatic carbocycles. The number of rotatable bonds is 5. The van der Waals surface area contributed by atoms with E-state index in [2.05, 4.69) is 24.4 Å². The Bertz CT molecular complexity index is 359. The number of carbonyl (C=O) groups excluding carboxylic acids is 1. The minimum Gasteiger partial charge on any atom is -0.320 e. The van der Waals surface area contributed by atoms with Crippen molar-refractivity contribution in [1.29, 1.82) is 0 Å². The van der Waals surface area contributed by atoms with E-state index in [1.165, 1.54) is 5.56 Å². The van der Waals surface area contributed by atoms with E-state index in [0.717, 1.165) is 29.7 Å². The van der Waals surface area contributed by atoms with Crippen LogP contribution in [0.4, 0.5) is 0 Å². The first-order valence-corrected chi connectivity index (χ1v) is 5.82. The van der Waals surface area contributed by atoms with Gasteiger partial charge in [-0.15, -0.1) is 0 Å². The number of carbonyl (C=O) groups is 1. The summed E-state index contributed by atoms with van der Waals surface area (Å²) in [6, 6.07) is 4.16. The molecule has 2 heteroatoms. The highest BCUT2D eigenvalue weighted by Crippen LogP contribution is 2.18. The molecule has 88 valence electrons. The van der Waals surface area contributed by atoms with Crippen molar-refractivity contribution in [2.24, 2.45) is 0 Å². The van der Waals surface area contributed by atoms with E-state index < -0.39 is 0 Å². The van der Waals surface area contributed by atoms with Gasteiger partial charge in [-0.3, -0.25) is 4.79 Å². The van der Waals surface area contributed by atoms with Crippen molar-refractivity contribution < 1.29 is 4.79 Å². The summed E-state index contributed by atoms with van der Waals surface area (Å²) in [6.07, 6.45) is 1.54.